The summed E-state index contributed by atoms with van der Waals surface area (Å²) in [6, 6.07) is 4.31. The van der Waals surface area contributed by atoms with Gasteiger partial charge < -0.3 is 5.32 Å². The summed E-state index contributed by atoms with van der Waals surface area (Å²) in [5.41, 5.74) is 1.48. The van der Waals surface area contributed by atoms with Crippen LogP contribution < -0.4 is 5.32 Å². The van der Waals surface area contributed by atoms with Crippen LogP contribution in [0, 0.1) is 5.92 Å². The third kappa shape index (κ3) is 4.59. The highest BCUT2D eigenvalue weighted by Crippen LogP contribution is 2.32. The van der Waals surface area contributed by atoms with Gasteiger partial charge in [-0.3, -0.25) is 4.90 Å². The van der Waals surface area contributed by atoms with Gasteiger partial charge in [0.05, 0.1) is 0 Å². The molecule has 1 fully saturated rings. The molecule has 0 radical (unpaired) electrons. The summed E-state index contributed by atoms with van der Waals surface area (Å²) in [6.07, 6.45) is 2.77. The van der Waals surface area contributed by atoms with Crippen molar-refractivity contribution in [3.05, 3.63) is 22.4 Å². The van der Waals surface area contributed by atoms with E-state index in [4.69, 9.17) is 0 Å². The Morgan fingerprint density at radius 2 is 2.05 bits per heavy atom. The van der Waals surface area contributed by atoms with Crippen LogP contribution in [0.1, 0.15) is 46.1 Å². The standard InChI is InChI=1S/C16H28N2S/c1-12(2)16(9-17-13(3)4)18(15-5-6-15)10-14-7-8-19-11-14/h7-8,11-13,15-17H,5-6,9-10H2,1-4H3. The molecule has 1 heterocycles. The molecule has 0 aromatic carbocycles. The number of rotatable bonds is 8. The first-order valence-corrected chi connectivity index (χ1v) is 8.52. The van der Waals surface area contributed by atoms with Crippen LogP contribution in [-0.4, -0.2) is 29.6 Å². The van der Waals surface area contributed by atoms with E-state index in [1.54, 1.807) is 0 Å². The monoisotopic (exact) mass is 280 g/mol. The minimum Gasteiger partial charge on any atom is -0.313 e. The minimum atomic E-state index is 0.573. The van der Waals surface area contributed by atoms with Crippen LogP contribution >= 0.6 is 11.3 Å². The zero-order chi connectivity index (χ0) is 13.8. The van der Waals surface area contributed by atoms with Crippen LogP contribution in [0.5, 0.6) is 0 Å². The molecule has 1 N–H and O–H groups in total. The van der Waals surface area contributed by atoms with Crippen molar-refractivity contribution >= 4 is 11.3 Å². The summed E-state index contributed by atoms with van der Waals surface area (Å²) in [6.45, 7) is 11.4. The van der Waals surface area contributed by atoms with E-state index in [2.05, 4.69) is 54.7 Å². The molecule has 0 amide bonds. The van der Waals surface area contributed by atoms with Crippen LogP contribution in [0.15, 0.2) is 16.8 Å². The van der Waals surface area contributed by atoms with Crippen LogP contribution in [0.4, 0.5) is 0 Å². The van der Waals surface area contributed by atoms with E-state index in [0.717, 1.165) is 19.1 Å². The average Bonchev–Trinajstić information content (AvgIpc) is 3.05. The van der Waals surface area contributed by atoms with Gasteiger partial charge in [0.1, 0.15) is 0 Å². The summed E-state index contributed by atoms with van der Waals surface area (Å²) >= 11 is 1.81. The van der Waals surface area contributed by atoms with Crippen molar-refractivity contribution < 1.29 is 0 Å². The Kier molecular flexibility index (Phi) is 5.43. The van der Waals surface area contributed by atoms with Crippen molar-refractivity contribution in [3.8, 4) is 0 Å². The molecule has 0 saturated heterocycles. The Morgan fingerprint density at radius 3 is 2.53 bits per heavy atom. The van der Waals surface area contributed by atoms with Gasteiger partial charge >= 0.3 is 0 Å². The molecular formula is C16H28N2S. The quantitative estimate of drug-likeness (QED) is 0.780. The lowest BCUT2D eigenvalue weighted by atomic mass is 10.0. The maximum Gasteiger partial charge on any atom is 0.0250 e. The third-order valence-electron chi connectivity index (χ3n) is 3.89. The summed E-state index contributed by atoms with van der Waals surface area (Å²) in [4.78, 5) is 2.74. The number of hydrogen-bond acceptors (Lipinski definition) is 3. The molecule has 2 nitrogen and oxygen atoms in total. The molecule has 1 aromatic rings. The Hall–Kier alpha value is -0.380. The van der Waals surface area contributed by atoms with Gasteiger partial charge in [0, 0.05) is 31.2 Å². The van der Waals surface area contributed by atoms with E-state index in [9.17, 15) is 0 Å². The van der Waals surface area contributed by atoms with Gasteiger partial charge in [-0.25, -0.2) is 0 Å². The molecule has 3 heteroatoms. The Bertz CT molecular complexity index is 355. The fourth-order valence-corrected chi connectivity index (χ4v) is 3.27. The Morgan fingerprint density at radius 1 is 1.32 bits per heavy atom. The zero-order valence-electron chi connectivity index (χ0n) is 12.7. The number of thiophene rings is 1. The van der Waals surface area contributed by atoms with Gasteiger partial charge in [-0.15, -0.1) is 0 Å². The van der Waals surface area contributed by atoms with Crippen LogP contribution in [0.3, 0.4) is 0 Å². The van der Waals surface area contributed by atoms with E-state index >= 15 is 0 Å². The van der Waals surface area contributed by atoms with E-state index in [1.165, 1.54) is 18.4 Å². The van der Waals surface area contributed by atoms with Crippen molar-refractivity contribution in [2.45, 2.75) is 65.2 Å². The van der Waals surface area contributed by atoms with Crippen molar-refractivity contribution in [2.24, 2.45) is 5.92 Å². The molecule has 1 unspecified atom stereocenters. The second-order valence-corrected chi connectivity index (χ2v) is 7.19. The molecule has 1 aliphatic carbocycles. The predicted octanol–water partition coefficient (Wildman–Crippen LogP) is 3.74. The lowest BCUT2D eigenvalue weighted by Crippen LogP contribution is -2.47. The van der Waals surface area contributed by atoms with Crippen molar-refractivity contribution in [1.29, 1.82) is 0 Å². The first-order valence-electron chi connectivity index (χ1n) is 7.58. The fourth-order valence-electron chi connectivity index (χ4n) is 2.61. The Balaban J connectivity index is 2.01. The Labute approximate surface area is 122 Å². The zero-order valence-corrected chi connectivity index (χ0v) is 13.5. The minimum absolute atomic E-state index is 0.573. The molecule has 0 aliphatic heterocycles. The van der Waals surface area contributed by atoms with Gasteiger partial charge in [0.25, 0.3) is 0 Å². The number of nitrogens with zero attached hydrogens (tertiary/aromatic N) is 1. The summed E-state index contributed by atoms with van der Waals surface area (Å²) < 4.78 is 0. The maximum absolute atomic E-state index is 3.63. The van der Waals surface area contributed by atoms with E-state index in [-0.39, 0.29) is 0 Å². The predicted molar refractivity (Wildman–Crippen MR) is 84.6 cm³/mol. The molecule has 0 spiro atoms. The third-order valence-corrected chi connectivity index (χ3v) is 4.62. The number of nitrogens with one attached hydrogen (secondary N) is 1. The molecule has 1 saturated carbocycles. The van der Waals surface area contributed by atoms with Gasteiger partial charge in [0.15, 0.2) is 0 Å². The normalized spacial score (nSPS) is 17.6. The number of hydrogen-bond donors (Lipinski definition) is 1. The fraction of sp³-hybridized carbons (Fsp3) is 0.750. The molecule has 2 rings (SSSR count). The first-order chi connectivity index (χ1) is 9.08. The van der Waals surface area contributed by atoms with E-state index < -0.39 is 0 Å². The van der Waals surface area contributed by atoms with Crippen LogP contribution in [0.25, 0.3) is 0 Å². The lowest BCUT2D eigenvalue weighted by molar-refractivity contribution is 0.132. The maximum atomic E-state index is 3.63. The molecule has 1 aromatic heterocycles. The van der Waals surface area contributed by atoms with Gasteiger partial charge in [-0.1, -0.05) is 27.7 Å². The summed E-state index contributed by atoms with van der Waals surface area (Å²) in [5, 5.41) is 8.12. The van der Waals surface area contributed by atoms with Crippen molar-refractivity contribution in [2.75, 3.05) is 6.54 Å². The lowest BCUT2D eigenvalue weighted by Gasteiger charge is -2.35. The molecular weight excluding hydrogens is 252 g/mol. The largest absolute Gasteiger partial charge is 0.313 e. The van der Waals surface area contributed by atoms with Crippen molar-refractivity contribution in [3.63, 3.8) is 0 Å². The molecule has 19 heavy (non-hydrogen) atoms. The second-order valence-electron chi connectivity index (χ2n) is 6.41. The summed E-state index contributed by atoms with van der Waals surface area (Å²) in [7, 11) is 0. The van der Waals surface area contributed by atoms with E-state index in [1.807, 2.05) is 11.3 Å². The van der Waals surface area contributed by atoms with Crippen molar-refractivity contribution in [1.82, 2.24) is 10.2 Å². The molecule has 1 atom stereocenters. The topological polar surface area (TPSA) is 15.3 Å². The van der Waals surface area contributed by atoms with Crippen LogP contribution in [0.2, 0.25) is 0 Å². The van der Waals surface area contributed by atoms with Crippen LogP contribution in [-0.2, 0) is 6.54 Å². The smallest absolute Gasteiger partial charge is 0.0250 e. The second kappa shape index (κ2) is 6.87. The molecule has 0 bridgehead atoms. The average molecular weight is 280 g/mol. The highest BCUT2D eigenvalue weighted by Gasteiger charge is 2.35. The highest BCUT2D eigenvalue weighted by atomic mass is 32.1. The first kappa shape index (κ1) is 15.0. The summed E-state index contributed by atoms with van der Waals surface area (Å²) in [5.74, 6) is 0.700. The van der Waals surface area contributed by atoms with Gasteiger partial charge in [0.2, 0.25) is 0 Å². The van der Waals surface area contributed by atoms with Gasteiger partial charge in [-0.05, 0) is 41.1 Å². The molecule has 108 valence electrons. The van der Waals surface area contributed by atoms with E-state index in [0.29, 0.717) is 18.0 Å². The van der Waals surface area contributed by atoms with Gasteiger partial charge in [-0.2, -0.15) is 11.3 Å². The highest BCUT2D eigenvalue weighted by molar-refractivity contribution is 7.07. The molecule has 1 aliphatic rings. The SMILES string of the molecule is CC(C)NCC(C(C)C)N(Cc1ccsc1)C1CC1.